The van der Waals surface area contributed by atoms with Gasteiger partial charge in [-0.25, -0.2) is 4.39 Å². The molecule has 0 fully saturated rings. The molecule has 0 saturated heterocycles. The monoisotopic (exact) mass is 188 g/mol. The Morgan fingerprint density at radius 1 is 1.21 bits per heavy atom. The summed E-state index contributed by atoms with van der Waals surface area (Å²) in [5, 5.41) is 0. The van der Waals surface area contributed by atoms with Crippen molar-refractivity contribution in [3.8, 4) is 0 Å². The third kappa shape index (κ3) is 3.02. The molecule has 0 amide bonds. The third-order valence-corrected chi connectivity index (χ3v) is 1.82. The van der Waals surface area contributed by atoms with Crippen LogP contribution in [-0.2, 0) is 0 Å². The molecule has 0 saturated carbocycles. The summed E-state index contributed by atoms with van der Waals surface area (Å²) in [6.07, 6.45) is 4.87. The molecule has 0 radical (unpaired) electrons. The van der Waals surface area contributed by atoms with Crippen molar-refractivity contribution < 1.29 is 4.39 Å². The molecule has 0 spiro atoms. The van der Waals surface area contributed by atoms with Gasteiger partial charge in [-0.3, -0.25) is 0 Å². The zero-order valence-corrected chi connectivity index (χ0v) is 8.20. The molecule has 1 aromatic rings. The maximum absolute atomic E-state index is 12.5. The Hall–Kier alpha value is -1.63. The molecule has 0 aliphatic carbocycles. The first kappa shape index (κ1) is 10.5. The summed E-state index contributed by atoms with van der Waals surface area (Å²) in [7, 11) is 0. The largest absolute Gasteiger partial charge is 0.212 e. The van der Waals surface area contributed by atoms with Crippen molar-refractivity contribution in [3.05, 3.63) is 66.5 Å². The van der Waals surface area contributed by atoms with Crippen LogP contribution in [0.5, 0.6) is 0 Å². The molecule has 0 bridgehead atoms. The van der Waals surface area contributed by atoms with E-state index in [1.807, 2.05) is 30.3 Å². The van der Waals surface area contributed by atoms with Gasteiger partial charge in [0, 0.05) is 0 Å². The molecule has 72 valence electrons. The first-order valence-electron chi connectivity index (χ1n) is 4.46. The van der Waals surface area contributed by atoms with Crippen LogP contribution in [0.25, 0.3) is 5.57 Å². The molecule has 1 heteroatoms. The number of benzene rings is 1. The third-order valence-electron chi connectivity index (χ3n) is 1.82. The molecule has 0 aliphatic heterocycles. The highest BCUT2D eigenvalue weighted by atomic mass is 19.1. The van der Waals surface area contributed by atoms with E-state index in [0.29, 0.717) is 0 Å². The number of halogens is 1. The second kappa shape index (κ2) is 5.18. The Kier molecular flexibility index (Phi) is 3.86. The molecule has 0 aliphatic rings. The van der Waals surface area contributed by atoms with Crippen LogP contribution in [0.4, 0.5) is 4.39 Å². The van der Waals surface area contributed by atoms with Crippen molar-refractivity contribution in [2.24, 2.45) is 0 Å². The average Bonchev–Trinajstić information content (AvgIpc) is 2.20. The van der Waals surface area contributed by atoms with Crippen molar-refractivity contribution >= 4 is 5.57 Å². The zero-order valence-electron chi connectivity index (χ0n) is 8.20. The lowest BCUT2D eigenvalue weighted by Gasteiger charge is -1.99. The highest BCUT2D eigenvalue weighted by Crippen LogP contribution is 2.15. The van der Waals surface area contributed by atoms with E-state index in [0.717, 1.165) is 11.1 Å². The first-order chi connectivity index (χ1) is 6.74. The Morgan fingerprint density at radius 2 is 1.86 bits per heavy atom. The number of hydrogen-bond donors (Lipinski definition) is 0. The van der Waals surface area contributed by atoms with Crippen molar-refractivity contribution in [2.75, 3.05) is 0 Å². The summed E-state index contributed by atoms with van der Waals surface area (Å²) in [5.41, 5.74) is 1.96. The fourth-order valence-corrected chi connectivity index (χ4v) is 1.12. The van der Waals surface area contributed by atoms with Gasteiger partial charge in [0.2, 0.25) is 0 Å². The van der Waals surface area contributed by atoms with Gasteiger partial charge in [0.05, 0.1) is 5.83 Å². The van der Waals surface area contributed by atoms with Crippen LogP contribution >= 0.6 is 0 Å². The van der Waals surface area contributed by atoms with Gasteiger partial charge in [0.15, 0.2) is 0 Å². The van der Waals surface area contributed by atoms with E-state index in [1.54, 1.807) is 12.2 Å². The Labute approximate surface area is 84.1 Å². The van der Waals surface area contributed by atoms with Gasteiger partial charge in [-0.2, -0.15) is 0 Å². The fraction of sp³-hybridized carbons (Fsp3) is 0.0769. The van der Waals surface area contributed by atoms with E-state index in [-0.39, 0.29) is 5.83 Å². The molecule has 0 aromatic heterocycles. The molecule has 0 nitrogen and oxygen atoms in total. The number of allylic oxidation sites excluding steroid dienone is 5. The van der Waals surface area contributed by atoms with E-state index in [1.165, 1.54) is 13.0 Å². The van der Waals surface area contributed by atoms with Gasteiger partial charge in [0.25, 0.3) is 0 Å². The first-order valence-corrected chi connectivity index (χ1v) is 4.46. The van der Waals surface area contributed by atoms with Gasteiger partial charge >= 0.3 is 0 Å². The molecular weight excluding hydrogens is 175 g/mol. The van der Waals surface area contributed by atoms with Gasteiger partial charge in [-0.15, -0.1) is 0 Å². The summed E-state index contributed by atoms with van der Waals surface area (Å²) in [6, 6.07) is 9.77. The smallest absolute Gasteiger partial charge is 0.0968 e. The highest BCUT2D eigenvalue weighted by Gasteiger charge is 1.93. The van der Waals surface area contributed by atoms with Crippen molar-refractivity contribution in [1.82, 2.24) is 0 Å². The van der Waals surface area contributed by atoms with Crippen molar-refractivity contribution in [3.63, 3.8) is 0 Å². The van der Waals surface area contributed by atoms with Gasteiger partial charge in [0.1, 0.15) is 0 Å². The van der Waals surface area contributed by atoms with E-state index < -0.39 is 0 Å². The van der Waals surface area contributed by atoms with E-state index in [4.69, 9.17) is 0 Å². The van der Waals surface area contributed by atoms with Crippen LogP contribution in [0, 0.1) is 0 Å². The minimum atomic E-state index is -0.208. The number of rotatable bonds is 3. The Morgan fingerprint density at radius 3 is 2.36 bits per heavy atom. The number of hydrogen-bond acceptors (Lipinski definition) is 0. The van der Waals surface area contributed by atoms with E-state index >= 15 is 0 Å². The normalized spacial score (nSPS) is 12.7. The molecule has 0 N–H and O–H groups in total. The lowest BCUT2D eigenvalue weighted by molar-refractivity contribution is 0.641. The molecule has 1 aromatic carbocycles. The van der Waals surface area contributed by atoms with E-state index in [2.05, 4.69) is 6.58 Å². The summed E-state index contributed by atoms with van der Waals surface area (Å²) >= 11 is 0. The summed E-state index contributed by atoms with van der Waals surface area (Å²) in [6.45, 7) is 5.11. The molecule has 1 rings (SSSR count). The van der Waals surface area contributed by atoms with E-state index in [9.17, 15) is 4.39 Å². The lowest BCUT2D eigenvalue weighted by atomic mass is 10.1. The van der Waals surface area contributed by atoms with Crippen LogP contribution in [0.1, 0.15) is 12.5 Å². The van der Waals surface area contributed by atoms with Crippen molar-refractivity contribution in [1.29, 1.82) is 0 Å². The minimum absolute atomic E-state index is 0.208. The van der Waals surface area contributed by atoms with Gasteiger partial charge in [-0.05, 0) is 24.1 Å². The maximum Gasteiger partial charge on any atom is 0.0968 e. The molecule has 14 heavy (non-hydrogen) atoms. The van der Waals surface area contributed by atoms with Crippen LogP contribution in [-0.4, -0.2) is 0 Å². The minimum Gasteiger partial charge on any atom is -0.212 e. The second-order valence-corrected chi connectivity index (χ2v) is 2.95. The predicted molar refractivity (Wildman–Crippen MR) is 59.5 cm³/mol. The van der Waals surface area contributed by atoms with Crippen LogP contribution in [0.2, 0.25) is 0 Å². The summed E-state index contributed by atoms with van der Waals surface area (Å²) in [4.78, 5) is 0. The molecule has 0 heterocycles. The van der Waals surface area contributed by atoms with Crippen LogP contribution < -0.4 is 0 Å². The van der Waals surface area contributed by atoms with Gasteiger partial charge in [-0.1, -0.05) is 49.1 Å². The molecular formula is C13H13F. The highest BCUT2D eigenvalue weighted by molar-refractivity contribution is 5.74. The predicted octanol–water partition coefficient (Wildman–Crippen LogP) is 4.13. The Bertz CT molecular complexity index is 354. The molecule has 0 unspecified atom stereocenters. The van der Waals surface area contributed by atoms with Crippen LogP contribution in [0.3, 0.4) is 0 Å². The second-order valence-electron chi connectivity index (χ2n) is 2.95. The average molecular weight is 188 g/mol. The summed E-state index contributed by atoms with van der Waals surface area (Å²) < 4.78 is 12.5. The SMILES string of the molecule is C=C/C(=C\C=C(/C)F)c1ccccc1. The summed E-state index contributed by atoms with van der Waals surface area (Å²) in [5.74, 6) is -0.208. The standard InChI is InChI=1S/C13H13F/c1-3-12(10-9-11(2)14)13-7-5-4-6-8-13/h3-10H,1H2,2H3/b11-9+,12-10+. The fourth-order valence-electron chi connectivity index (χ4n) is 1.12. The maximum atomic E-state index is 12.5. The quantitative estimate of drug-likeness (QED) is 0.625. The molecule has 0 atom stereocenters. The Balaban J connectivity index is 2.99. The topological polar surface area (TPSA) is 0 Å². The van der Waals surface area contributed by atoms with Crippen LogP contribution in [0.15, 0.2) is 61.0 Å². The lowest BCUT2D eigenvalue weighted by Crippen LogP contribution is -1.78. The zero-order chi connectivity index (χ0) is 10.4. The van der Waals surface area contributed by atoms with Gasteiger partial charge < -0.3 is 0 Å². The van der Waals surface area contributed by atoms with Crippen molar-refractivity contribution in [2.45, 2.75) is 6.92 Å².